The van der Waals surface area contributed by atoms with Crippen molar-refractivity contribution in [2.75, 3.05) is 20.2 Å². The number of likely N-dealkylation sites (tertiary alicyclic amines) is 1. The fourth-order valence-corrected chi connectivity index (χ4v) is 4.86. The summed E-state index contributed by atoms with van der Waals surface area (Å²) in [5.41, 5.74) is 0.905. The lowest BCUT2D eigenvalue weighted by Crippen LogP contribution is -2.60. The average Bonchev–Trinajstić information content (AvgIpc) is 3.07. The molecule has 1 aromatic carbocycles. The summed E-state index contributed by atoms with van der Waals surface area (Å²) in [4.78, 5) is 25.7. The molecule has 1 saturated carbocycles. The van der Waals surface area contributed by atoms with E-state index in [0.29, 0.717) is 48.3 Å². The van der Waals surface area contributed by atoms with E-state index in [4.69, 9.17) is 25.8 Å². The van der Waals surface area contributed by atoms with Gasteiger partial charge in [0.1, 0.15) is 0 Å². The van der Waals surface area contributed by atoms with Crippen LogP contribution in [0.4, 0.5) is 8.78 Å². The van der Waals surface area contributed by atoms with E-state index in [1.165, 1.54) is 18.1 Å². The fraction of sp³-hybridized carbons (Fsp3) is 0.619. The van der Waals surface area contributed by atoms with Crippen LogP contribution in [0, 0.1) is 18.8 Å². The van der Waals surface area contributed by atoms with Gasteiger partial charge >= 0.3 is 5.97 Å². The molecule has 3 aliphatic rings. The summed E-state index contributed by atoms with van der Waals surface area (Å²) in [5, 5.41) is 0.266. The smallest absolute Gasteiger partial charge is 0.338 e. The van der Waals surface area contributed by atoms with Gasteiger partial charge < -0.3 is 19.1 Å². The number of carbonyl (C=O) groups is 2. The van der Waals surface area contributed by atoms with Crippen LogP contribution in [-0.4, -0.2) is 48.7 Å². The molecule has 1 unspecified atom stereocenters. The Balaban J connectivity index is 1.44. The van der Waals surface area contributed by atoms with Crippen molar-refractivity contribution in [2.45, 2.75) is 51.2 Å². The summed E-state index contributed by atoms with van der Waals surface area (Å²) in [6, 6.07) is 1.51. The highest BCUT2D eigenvalue weighted by Crippen LogP contribution is 2.52. The van der Waals surface area contributed by atoms with Crippen LogP contribution >= 0.6 is 11.6 Å². The number of ether oxygens (including phenoxy) is 3. The van der Waals surface area contributed by atoms with E-state index < -0.39 is 30.8 Å². The second kappa shape index (κ2) is 7.25. The molecular formula is C21H24ClF2NO5. The third-order valence-corrected chi connectivity index (χ3v) is 6.71. The van der Waals surface area contributed by atoms with E-state index in [0.717, 1.165) is 0 Å². The molecule has 1 aromatic rings. The van der Waals surface area contributed by atoms with E-state index in [1.807, 2.05) is 6.92 Å². The first-order chi connectivity index (χ1) is 14.0. The van der Waals surface area contributed by atoms with Crippen LogP contribution in [0.15, 0.2) is 6.07 Å². The number of nitrogens with zero attached hydrogens (tertiary/aromatic N) is 1. The van der Waals surface area contributed by atoms with Gasteiger partial charge in [-0.25, -0.2) is 13.6 Å². The highest BCUT2D eigenvalue weighted by Gasteiger charge is 2.51. The first kappa shape index (κ1) is 21.2. The molecule has 0 bridgehead atoms. The number of alkyl halides is 2. The van der Waals surface area contributed by atoms with Crippen molar-refractivity contribution in [3.63, 3.8) is 0 Å². The first-order valence-corrected chi connectivity index (χ1v) is 10.4. The maximum Gasteiger partial charge on any atom is 0.338 e. The van der Waals surface area contributed by atoms with Gasteiger partial charge in [-0.1, -0.05) is 11.6 Å². The molecule has 6 nitrogen and oxygen atoms in total. The van der Waals surface area contributed by atoms with Crippen molar-refractivity contribution < 1.29 is 32.6 Å². The van der Waals surface area contributed by atoms with Gasteiger partial charge in [0.05, 0.1) is 30.8 Å². The molecule has 2 aliphatic heterocycles. The monoisotopic (exact) mass is 443 g/mol. The van der Waals surface area contributed by atoms with Crippen molar-refractivity contribution >= 4 is 23.5 Å². The van der Waals surface area contributed by atoms with Crippen LogP contribution in [0.25, 0.3) is 0 Å². The summed E-state index contributed by atoms with van der Waals surface area (Å²) < 4.78 is 43.2. The van der Waals surface area contributed by atoms with Crippen molar-refractivity contribution in [3.8, 4) is 11.5 Å². The Morgan fingerprint density at radius 2 is 1.77 bits per heavy atom. The number of rotatable bonds is 3. The van der Waals surface area contributed by atoms with Crippen LogP contribution in [0.3, 0.4) is 0 Å². The van der Waals surface area contributed by atoms with Gasteiger partial charge in [-0.2, -0.15) is 0 Å². The maximum absolute atomic E-state index is 13.1. The molecule has 2 fully saturated rings. The molecule has 1 atom stereocenters. The Hall–Kier alpha value is -2.09. The van der Waals surface area contributed by atoms with Gasteiger partial charge in [-0.15, -0.1) is 0 Å². The molecule has 2 heterocycles. The predicted molar refractivity (Wildman–Crippen MR) is 104 cm³/mol. The van der Waals surface area contributed by atoms with Crippen molar-refractivity contribution in [2.24, 2.45) is 11.8 Å². The molecule has 1 aliphatic carbocycles. The second-order valence-corrected chi connectivity index (χ2v) is 8.91. The SMILES string of the molecule is COC(=O)c1cc(Cl)c2c(c1C)OC(C)(C1CCC(C(=O)N3CC(F)(F)C3)CC1)O2. The molecule has 1 saturated heterocycles. The van der Waals surface area contributed by atoms with Gasteiger partial charge in [0, 0.05) is 24.3 Å². The van der Waals surface area contributed by atoms with Crippen molar-refractivity contribution in [3.05, 3.63) is 22.2 Å². The third-order valence-electron chi connectivity index (χ3n) is 6.43. The van der Waals surface area contributed by atoms with Crippen LogP contribution in [0.5, 0.6) is 11.5 Å². The molecule has 1 amide bonds. The van der Waals surface area contributed by atoms with Crippen molar-refractivity contribution in [1.82, 2.24) is 4.90 Å². The van der Waals surface area contributed by atoms with Gasteiger partial charge in [-0.05, 0) is 38.7 Å². The van der Waals surface area contributed by atoms with Gasteiger partial charge in [-0.3, -0.25) is 4.79 Å². The van der Waals surface area contributed by atoms with Gasteiger partial charge in [0.2, 0.25) is 5.91 Å². The Labute approximate surface area is 178 Å². The van der Waals surface area contributed by atoms with Crippen LogP contribution in [0.1, 0.15) is 48.5 Å². The summed E-state index contributed by atoms with van der Waals surface area (Å²) >= 11 is 6.33. The summed E-state index contributed by atoms with van der Waals surface area (Å²) in [6.45, 7) is 2.61. The number of esters is 1. The fourth-order valence-electron chi connectivity index (χ4n) is 4.63. The topological polar surface area (TPSA) is 65.1 Å². The lowest BCUT2D eigenvalue weighted by atomic mass is 9.77. The lowest BCUT2D eigenvalue weighted by Gasteiger charge is -2.42. The Morgan fingerprint density at radius 1 is 1.17 bits per heavy atom. The zero-order valence-corrected chi connectivity index (χ0v) is 17.9. The van der Waals surface area contributed by atoms with Gasteiger partial charge in [0.15, 0.2) is 11.5 Å². The number of fused-ring (bicyclic) bond motifs is 1. The molecule has 0 radical (unpaired) electrons. The number of hydrogen-bond acceptors (Lipinski definition) is 5. The minimum Gasteiger partial charge on any atom is -0.465 e. The summed E-state index contributed by atoms with van der Waals surface area (Å²) in [6.07, 6.45) is 2.49. The van der Waals surface area contributed by atoms with Crippen LogP contribution < -0.4 is 9.47 Å². The number of benzene rings is 1. The summed E-state index contributed by atoms with van der Waals surface area (Å²) in [7, 11) is 1.30. The number of amides is 1. The predicted octanol–water partition coefficient (Wildman–Crippen LogP) is 4.21. The minimum atomic E-state index is -2.75. The Morgan fingerprint density at radius 3 is 2.33 bits per heavy atom. The average molecular weight is 444 g/mol. The van der Waals surface area contributed by atoms with E-state index in [-0.39, 0.29) is 22.8 Å². The van der Waals surface area contributed by atoms with Crippen LogP contribution in [0.2, 0.25) is 5.02 Å². The van der Waals surface area contributed by atoms with Gasteiger partial charge in [0.25, 0.3) is 11.7 Å². The molecule has 0 spiro atoms. The molecule has 0 N–H and O–H groups in total. The highest BCUT2D eigenvalue weighted by molar-refractivity contribution is 6.32. The molecule has 4 rings (SSSR count). The van der Waals surface area contributed by atoms with E-state index in [2.05, 4.69) is 0 Å². The highest BCUT2D eigenvalue weighted by atomic mass is 35.5. The van der Waals surface area contributed by atoms with Crippen molar-refractivity contribution in [1.29, 1.82) is 0 Å². The zero-order chi connectivity index (χ0) is 21.8. The molecular weight excluding hydrogens is 420 g/mol. The Kier molecular flexibility index (Phi) is 5.11. The first-order valence-electron chi connectivity index (χ1n) is 10.0. The zero-order valence-electron chi connectivity index (χ0n) is 17.1. The van der Waals surface area contributed by atoms with E-state index in [1.54, 1.807) is 6.92 Å². The molecule has 9 heteroatoms. The maximum atomic E-state index is 13.1. The third kappa shape index (κ3) is 3.49. The number of carbonyl (C=O) groups excluding carboxylic acids is 2. The number of halogens is 3. The number of hydrogen-bond donors (Lipinski definition) is 0. The molecule has 30 heavy (non-hydrogen) atoms. The Bertz CT molecular complexity index is 892. The minimum absolute atomic E-state index is 0.0103. The second-order valence-electron chi connectivity index (χ2n) is 8.50. The summed E-state index contributed by atoms with van der Waals surface area (Å²) in [5.74, 6) is -3.88. The lowest BCUT2D eigenvalue weighted by molar-refractivity contribution is -0.172. The number of methoxy groups -OCH3 is 1. The largest absolute Gasteiger partial charge is 0.465 e. The molecule has 164 valence electrons. The standard InChI is InChI=1S/C21H24ClF2NO5/c1-11-14(19(27)28-3)8-15(22)17-16(11)29-20(2,30-17)13-6-4-12(5-7-13)18(26)25-9-21(23,24)10-25/h8,12-13H,4-7,9-10H2,1-3H3. The van der Waals surface area contributed by atoms with E-state index in [9.17, 15) is 18.4 Å². The van der Waals surface area contributed by atoms with Crippen LogP contribution in [-0.2, 0) is 9.53 Å². The molecule has 0 aromatic heterocycles. The van der Waals surface area contributed by atoms with E-state index >= 15 is 0 Å². The quantitative estimate of drug-likeness (QED) is 0.655. The normalized spacial score (nSPS) is 29.3.